The molecule has 8 fully saturated rings. The van der Waals surface area contributed by atoms with Crippen LogP contribution in [0.4, 0.5) is 0 Å². The SMILES string of the molecule is C=C1C(=O)[C@@]23[C@H]4O[C@H]5O[C@]2(O)[C@@H](O)[C@@H]2C(C)(C)CCC[C@]52[C@@H]3[C@H](OC(C)=O)C[C@@H]14. The zero-order valence-electron chi connectivity index (χ0n) is 17.0. The minimum Gasteiger partial charge on any atom is -0.462 e. The van der Waals surface area contributed by atoms with Crippen LogP contribution in [0.25, 0.3) is 0 Å². The Morgan fingerprint density at radius 3 is 2.69 bits per heavy atom. The van der Waals surface area contributed by atoms with Crippen molar-refractivity contribution in [3.8, 4) is 0 Å². The summed E-state index contributed by atoms with van der Waals surface area (Å²) < 4.78 is 18.3. The Kier molecular flexibility index (Phi) is 3.16. The molecule has 0 aromatic rings. The monoisotopic (exact) mass is 404 g/mol. The van der Waals surface area contributed by atoms with Crippen molar-refractivity contribution in [1.82, 2.24) is 0 Å². The molecule has 0 aromatic carbocycles. The van der Waals surface area contributed by atoms with Crippen LogP contribution in [0.2, 0.25) is 0 Å². The zero-order chi connectivity index (χ0) is 20.7. The lowest BCUT2D eigenvalue weighted by atomic mass is 9.34. The molecule has 8 aliphatic rings. The molecule has 0 amide bonds. The summed E-state index contributed by atoms with van der Waals surface area (Å²) in [6, 6.07) is 0. The number of ketones is 1. The Bertz CT molecular complexity index is 865. The van der Waals surface area contributed by atoms with Gasteiger partial charge in [-0.2, -0.15) is 0 Å². The molecule has 7 nitrogen and oxygen atoms in total. The van der Waals surface area contributed by atoms with Crippen LogP contribution in [0.3, 0.4) is 0 Å². The van der Waals surface area contributed by atoms with E-state index in [0.717, 1.165) is 12.8 Å². The van der Waals surface area contributed by atoms with Crippen molar-refractivity contribution in [3.63, 3.8) is 0 Å². The third kappa shape index (κ3) is 1.61. The van der Waals surface area contributed by atoms with Gasteiger partial charge in [-0.05, 0) is 30.3 Å². The van der Waals surface area contributed by atoms with Gasteiger partial charge < -0.3 is 24.4 Å². The van der Waals surface area contributed by atoms with Gasteiger partial charge in [0.2, 0.25) is 5.79 Å². The zero-order valence-corrected chi connectivity index (χ0v) is 17.0. The Balaban J connectivity index is 1.67. The molecule has 8 rings (SSSR count). The normalized spacial score (nSPS) is 58.3. The van der Waals surface area contributed by atoms with Crippen LogP contribution in [-0.2, 0) is 23.8 Å². The Labute approximate surface area is 169 Å². The molecular weight excluding hydrogens is 376 g/mol. The van der Waals surface area contributed by atoms with E-state index in [1.54, 1.807) is 0 Å². The van der Waals surface area contributed by atoms with Crippen LogP contribution in [0.5, 0.6) is 0 Å². The highest BCUT2D eigenvalue weighted by molar-refractivity contribution is 6.05. The molecule has 158 valence electrons. The lowest BCUT2D eigenvalue weighted by molar-refractivity contribution is -0.554. The topological polar surface area (TPSA) is 102 Å². The number of hydrogen-bond donors (Lipinski definition) is 2. The molecule has 2 N–H and O–H groups in total. The molecule has 0 aromatic heterocycles. The van der Waals surface area contributed by atoms with Crippen molar-refractivity contribution in [2.24, 2.45) is 34.0 Å². The van der Waals surface area contributed by atoms with Crippen molar-refractivity contribution >= 4 is 11.8 Å². The summed E-state index contributed by atoms with van der Waals surface area (Å²) in [5.74, 6) is -3.92. The molecule has 7 bridgehead atoms. The van der Waals surface area contributed by atoms with E-state index in [2.05, 4.69) is 20.4 Å². The standard InChI is InChI=1S/C22H28O7/c1-9-11-8-12(27-10(2)23)13-20-7-5-6-19(3,4)14(20)16(25)22(26)21(13,15(9)24)17(11)28-18(20)29-22/h11-14,16-18,25-26H,1,5-8H2,2-4H3/t11-,12+,13-,14+,16-,17-,18-,20+,21-,22+/m0/s1. The van der Waals surface area contributed by atoms with Crippen LogP contribution < -0.4 is 0 Å². The summed E-state index contributed by atoms with van der Waals surface area (Å²) in [5, 5.41) is 23.4. The van der Waals surface area contributed by atoms with Gasteiger partial charge in [0, 0.05) is 30.1 Å². The summed E-state index contributed by atoms with van der Waals surface area (Å²) in [7, 11) is 0. The van der Waals surface area contributed by atoms with Gasteiger partial charge in [-0.25, -0.2) is 0 Å². The van der Waals surface area contributed by atoms with Crippen LogP contribution >= 0.6 is 0 Å². The first-order valence-electron chi connectivity index (χ1n) is 10.7. The van der Waals surface area contributed by atoms with E-state index in [1.165, 1.54) is 6.92 Å². The largest absolute Gasteiger partial charge is 0.462 e. The molecule has 7 heteroatoms. The molecule has 4 heterocycles. The molecule has 4 saturated carbocycles. The molecule has 0 radical (unpaired) electrons. The van der Waals surface area contributed by atoms with Crippen molar-refractivity contribution < 1.29 is 34.0 Å². The maximum atomic E-state index is 13.7. The molecular formula is C22H28O7. The first-order chi connectivity index (χ1) is 13.5. The number of aliphatic hydroxyl groups excluding tert-OH is 1. The number of esters is 1. The van der Waals surface area contributed by atoms with Gasteiger partial charge in [0.15, 0.2) is 12.1 Å². The highest BCUT2D eigenvalue weighted by Crippen LogP contribution is 2.81. The Morgan fingerprint density at radius 2 is 2.00 bits per heavy atom. The fraction of sp³-hybridized carbons (Fsp3) is 0.818. The van der Waals surface area contributed by atoms with Crippen LogP contribution in [0, 0.1) is 34.0 Å². The predicted octanol–water partition coefficient (Wildman–Crippen LogP) is 1.31. The van der Waals surface area contributed by atoms with Crippen LogP contribution in [0.15, 0.2) is 12.2 Å². The maximum Gasteiger partial charge on any atom is 0.302 e. The third-order valence-electron chi connectivity index (χ3n) is 9.33. The van der Waals surface area contributed by atoms with Gasteiger partial charge in [-0.1, -0.05) is 26.8 Å². The number of carbonyl (C=O) groups is 2. The molecule has 2 spiro atoms. The fourth-order valence-corrected chi connectivity index (χ4v) is 8.79. The van der Waals surface area contributed by atoms with E-state index in [9.17, 15) is 19.8 Å². The average Bonchev–Trinajstić information content (AvgIpc) is 2.76. The second kappa shape index (κ2) is 4.96. The molecule has 4 aliphatic carbocycles. The Hall–Kier alpha value is -1.28. The summed E-state index contributed by atoms with van der Waals surface area (Å²) in [6.07, 6.45) is -0.170. The van der Waals surface area contributed by atoms with E-state index < -0.39 is 53.1 Å². The minimum atomic E-state index is -2.07. The Morgan fingerprint density at radius 1 is 1.28 bits per heavy atom. The van der Waals surface area contributed by atoms with Gasteiger partial charge in [0.1, 0.15) is 17.6 Å². The first kappa shape index (κ1) is 18.5. The van der Waals surface area contributed by atoms with Gasteiger partial charge in [-0.3, -0.25) is 9.59 Å². The highest BCUT2D eigenvalue weighted by Gasteiger charge is 2.93. The van der Waals surface area contributed by atoms with Gasteiger partial charge in [0.25, 0.3) is 0 Å². The second-order valence-corrected chi connectivity index (χ2v) is 10.8. The molecule has 10 atom stereocenters. The van der Waals surface area contributed by atoms with Crippen LogP contribution in [0.1, 0.15) is 46.5 Å². The van der Waals surface area contributed by atoms with Crippen molar-refractivity contribution in [1.29, 1.82) is 0 Å². The summed E-state index contributed by atoms with van der Waals surface area (Å²) in [5.41, 5.74) is -2.09. The third-order valence-corrected chi connectivity index (χ3v) is 9.33. The summed E-state index contributed by atoms with van der Waals surface area (Å²) in [6.45, 7) is 9.58. The van der Waals surface area contributed by atoms with E-state index in [-0.39, 0.29) is 23.0 Å². The lowest BCUT2D eigenvalue weighted by Gasteiger charge is -2.79. The smallest absolute Gasteiger partial charge is 0.302 e. The quantitative estimate of drug-likeness (QED) is 0.502. The number of rotatable bonds is 1. The van der Waals surface area contributed by atoms with Gasteiger partial charge >= 0.3 is 5.97 Å². The average molecular weight is 404 g/mol. The first-order valence-corrected chi connectivity index (χ1v) is 10.7. The van der Waals surface area contributed by atoms with E-state index in [4.69, 9.17) is 14.2 Å². The fourth-order valence-electron chi connectivity index (χ4n) is 8.79. The molecule has 4 aliphatic heterocycles. The molecule has 29 heavy (non-hydrogen) atoms. The van der Waals surface area contributed by atoms with Crippen LogP contribution in [-0.4, -0.2) is 52.4 Å². The minimum absolute atomic E-state index is 0.290. The lowest BCUT2D eigenvalue weighted by Crippen LogP contribution is -2.91. The summed E-state index contributed by atoms with van der Waals surface area (Å²) >= 11 is 0. The summed E-state index contributed by atoms with van der Waals surface area (Å²) in [4.78, 5) is 25.7. The van der Waals surface area contributed by atoms with E-state index in [0.29, 0.717) is 18.4 Å². The predicted molar refractivity (Wildman–Crippen MR) is 98.0 cm³/mol. The number of ether oxygens (including phenoxy) is 3. The van der Waals surface area contributed by atoms with Crippen molar-refractivity contribution in [2.45, 2.75) is 76.8 Å². The van der Waals surface area contributed by atoms with E-state index in [1.807, 2.05) is 0 Å². The highest BCUT2D eigenvalue weighted by atomic mass is 16.8. The van der Waals surface area contributed by atoms with E-state index >= 15 is 0 Å². The molecule has 0 unspecified atom stereocenters. The maximum absolute atomic E-state index is 13.7. The van der Waals surface area contributed by atoms with Crippen molar-refractivity contribution in [3.05, 3.63) is 12.2 Å². The number of Topliss-reactive ketones (excluding diaryl/α,β-unsaturated/α-hetero) is 1. The number of hydrogen-bond acceptors (Lipinski definition) is 7. The number of carbonyl (C=O) groups excluding carboxylic acids is 2. The second-order valence-electron chi connectivity index (χ2n) is 10.8. The van der Waals surface area contributed by atoms with Gasteiger partial charge in [0.05, 0.1) is 6.10 Å². The molecule has 4 saturated heterocycles. The van der Waals surface area contributed by atoms with Gasteiger partial charge in [-0.15, -0.1) is 0 Å². The van der Waals surface area contributed by atoms with Crippen molar-refractivity contribution in [2.75, 3.05) is 0 Å². The number of aliphatic hydroxyl groups is 2.